The summed E-state index contributed by atoms with van der Waals surface area (Å²) in [6, 6.07) is 95.8. The van der Waals surface area contributed by atoms with E-state index in [-0.39, 0.29) is 0 Å². The van der Waals surface area contributed by atoms with Crippen molar-refractivity contribution < 1.29 is 0 Å². The summed E-state index contributed by atoms with van der Waals surface area (Å²) in [5, 5.41) is 7.37. The second-order valence-corrected chi connectivity index (χ2v) is 22.1. The van der Waals surface area contributed by atoms with Crippen molar-refractivity contribution in [1.82, 2.24) is 34.5 Å². The molecule has 0 bridgehead atoms. The lowest BCUT2D eigenvalue weighted by Crippen LogP contribution is -2.74. The SMILES string of the molecule is c1ccc(-c2nc(-c3ccccc3)nc(-c3cccc(-c4cccc(-c5nc(-c6cccc([Si](c7ccccc7)(c7ccccc7)c7ccccc7)c6)nc(-n6c7ccccc7c7ccccc76)n5)c4)c3)n2)cc1. The smallest absolute Gasteiger partial charge is 0.238 e. The zero-order chi connectivity index (χ0) is 49.3. The molecule has 0 amide bonds. The van der Waals surface area contributed by atoms with Crippen LogP contribution < -0.4 is 20.7 Å². The molecule has 0 N–H and O–H groups in total. The van der Waals surface area contributed by atoms with Gasteiger partial charge in [0.1, 0.15) is 0 Å². The highest BCUT2D eigenvalue weighted by Crippen LogP contribution is 2.34. The molecule has 3 aromatic heterocycles. The van der Waals surface area contributed by atoms with Crippen LogP contribution in [0, 0.1) is 0 Å². The highest BCUT2D eigenvalue weighted by atomic mass is 28.3. The number of para-hydroxylation sites is 2. The van der Waals surface area contributed by atoms with Gasteiger partial charge >= 0.3 is 0 Å². The predicted octanol–water partition coefficient (Wildman–Crippen LogP) is 12.5. The summed E-state index contributed by atoms with van der Waals surface area (Å²) in [4.78, 5) is 31.2. The predicted molar refractivity (Wildman–Crippen MR) is 304 cm³/mol. The van der Waals surface area contributed by atoms with Crippen molar-refractivity contribution in [1.29, 1.82) is 0 Å². The fourth-order valence-electron chi connectivity index (χ4n) is 10.4. The number of rotatable bonds is 11. The number of benzene rings is 10. The molecule has 0 saturated carbocycles. The van der Waals surface area contributed by atoms with Crippen molar-refractivity contribution in [3.8, 4) is 74.0 Å². The highest BCUT2D eigenvalue weighted by molar-refractivity contribution is 7.19. The third-order valence-corrected chi connectivity index (χ3v) is 18.6. The largest absolute Gasteiger partial charge is 0.278 e. The molecule has 8 heteroatoms. The van der Waals surface area contributed by atoms with Crippen LogP contribution in [-0.2, 0) is 0 Å². The summed E-state index contributed by atoms with van der Waals surface area (Å²) >= 11 is 0. The molecule has 10 aromatic carbocycles. The molecule has 13 aromatic rings. The third-order valence-electron chi connectivity index (χ3n) is 13.9. The monoisotopic (exact) mass is 963 g/mol. The Morgan fingerprint density at radius 2 is 0.527 bits per heavy atom. The minimum absolute atomic E-state index is 0.538. The molecule has 0 saturated heterocycles. The van der Waals surface area contributed by atoms with Crippen molar-refractivity contribution in [2.24, 2.45) is 0 Å². The summed E-state index contributed by atoms with van der Waals surface area (Å²) < 4.78 is 2.18. The van der Waals surface area contributed by atoms with E-state index in [1.807, 2.05) is 60.7 Å². The van der Waals surface area contributed by atoms with Gasteiger partial charge in [0.05, 0.1) is 11.0 Å². The molecule has 74 heavy (non-hydrogen) atoms. The van der Waals surface area contributed by atoms with Crippen LogP contribution in [0.1, 0.15) is 0 Å². The van der Waals surface area contributed by atoms with E-state index in [4.69, 9.17) is 29.9 Å². The summed E-state index contributed by atoms with van der Waals surface area (Å²) in [5.74, 6) is 3.50. The van der Waals surface area contributed by atoms with E-state index >= 15 is 0 Å². The van der Waals surface area contributed by atoms with Crippen LogP contribution in [0.5, 0.6) is 0 Å². The normalized spacial score (nSPS) is 11.5. The van der Waals surface area contributed by atoms with Gasteiger partial charge in [-0.05, 0) is 56.1 Å². The van der Waals surface area contributed by atoms with E-state index in [1.54, 1.807) is 0 Å². The first-order chi connectivity index (χ1) is 36.7. The molecule has 0 fully saturated rings. The summed E-state index contributed by atoms with van der Waals surface area (Å²) in [5.41, 5.74) is 8.51. The van der Waals surface area contributed by atoms with E-state index in [9.17, 15) is 0 Å². The Hall–Kier alpha value is -9.76. The van der Waals surface area contributed by atoms with Crippen LogP contribution in [0.15, 0.2) is 273 Å². The van der Waals surface area contributed by atoms with E-state index in [0.29, 0.717) is 35.1 Å². The Balaban J connectivity index is 0.980. The second-order valence-electron chi connectivity index (χ2n) is 18.3. The first kappa shape index (κ1) is 44.2. The topological polar surface area (TPSA) is 82.3 Å². The highest BCUT2D eigenvalue weighted by Gasteiger charge is 2.41. The van der Waals surface area contributed by atoms with Gasteiger partial charge in [-0.2, -0.15) is 9.97 Å². The number of fused-ring (bicyclic) bond motifs is 3. The maximum absolute atomic E-state index is 5.43. The van der Waals surface area contributed by atoms with Gasteiger partial charge in [0.2, 0.25) is 5.95 Å². The Morgan fingerprint density at radius 3 is 0.959 bits per heavy atom. The molecule has 0 aliphatic rings. The van der Waals surface area contributed by atoms with Crippen LogP contribution in [0.25, 0.3) is 95.8 Å². The lowest BCUT2D eigenvalue weighted by atomic mass is 10.0. The van der Waals surface area contributed by atoms with Crippen LogP contribution >= 0.6 is 0 Å². The first-order valence-corrected chi connectivity index (χ1v) is 26.8. The molecule has 13 rings (SSSR count). The van der Waals surface area contributed by atoms with Gasteiger partial charge in [-0.15, -0.1) is 0 Å². The maximum atomic E-state index is 5.43. The van der Waals surface area contributed by atoms with E-state index < -0.39 is 8.07 Å². The lowest BCUT2D eigenvalue weighted by molar-refractivity contribution is 0.953. The second kappa shape index (κ2) is 19.1. The Morgan fingerprint density at radius 1 is 0.230 bits per heavy atom. The minimum Gasteiger partial charge on any atom is -0.278 e. The van der Waals surface area contributed by atoms with Gasteiger partial charge in [-0.1, -0.05) is 249 Å². The maximum Gasteiger partial charge on any atom is 0.238 e. The molecular weight excluding hydrogens is 919 g/mol. The Kier molecular flexibility index (Phi) is 11.4. The first-order valence-electron chi connectivity index (χ1n) is 24.8. The number of aromatic nitrogens is 7. The standard InChI is InChI=1S/C66H45N7Si/c1-6-23-46(24-7-1)61-67-62(47-25-8-2-9-26-47)69-63(68-61)50-29-20-27-48(43-50)49-28-21-30-51(44-49)64-70-65(72-66(71-64)73-59-41-18-16-39-57(59)58-40-17-19-42-60(58)73)52-31-22-38-56(45-52)74(53-32-10-3-11-33-53,54-34-12-4-13-35-54)55-36-14-5-15-37-55/h1-45H. The lowest BCUT2D eigenvalue weighted by Gasteiger charge is -2.34. The summed E-state index contributed by atoms with van der Waals surface area (Å²) in [6.45, 7) is 0. The van der Waals surface area contributed by atoms with E-state index in [0.717, 1.165) is 60.8 Å². The molecule has 0 aliphatic carbocycles. The number of nitrogens with zero attached hydrogens (tertiary/aromatic N) is 7. The van der Waals surface area contributed by atoms with Gasteiger partial charge in [-0.3, -0.25) is 4.57 Å². The van der Waals surface area contributed by atoms with Gasteiger partial charge in [-0.25, -0.2) is 19.9 Å². The quantitative estimate of drug-likeness (QED) is 0.0949. The Labute approximate surface area is 429 Å². The van der Waals surface area contributed by atoms with Gasteiger partial charge in [0, 0.05) is 38.6 Å². The molecule has 348 valence electrons. The summed E-state index contributed by atoms with van der Waals surface area (Å²) in [7, 11) is -2.89. The fraction of sp³-hybridized carbons (Fsp3) is 0. The summed E-state index contributed by atoms with van der Waals surface area (Å²) in [6.07, 6.45) is 0. The number of hydrogen-bond acceptors (Lipinski definition) is 6. The van der Waals surface area contributed by atoms with Gasteiger partial charge in [0.15, 0.2) is 37.2 Å². The minimum atomic E-state index is -2.89. The van der Waals surface area contributed by atoms with E-state index in [2.05, 4.69) is 217 Å². The molecule has 7 nitrogen and oxygen atoms in total. The average molecular weight is 964 g/mol. The molecule has 0 radical (unpaired) electrons. The molecule has 0 unspecified atom stereocenters. The zero-order valence-electron chi connectivity index (χ0n) is 40.1. The molecular formula is C66H45N7Si. The molecule has 0 spiro atoms. The molecule has 0 atom stereocenters. The van der Waals surface area contributed by atoms with Crippen LogP contribution in [0.2, 0.25) is 0 Å². The zero-order valence-corrected chi connectivity index (χ0v) is 41.1. The van der Waals surface area contributed by atoms with Crippen molar-refractivity contribution in [3.05, 3.63) is 273 Å². The number of hydrogen-bond donors (Lipinski definition) is 0. The average Bonchev–Trinajstić information content (AvgIpc) is 3.83. The van der Waals surface area contributed by atoms with Gasteiger partial charge < -0.3 is 0 Å². The van der Waals surface area contributed by atoms with Crippen molar-refractivity contribution in [3.63, 3.8) is 0 Å². The van der Waals surface area contributed by atoms with Crippen LogP contribution in [0.3, 0.4) is 0 Å². The van der Waals surface area contributed by atoms with Crippen molar-refractivity contribution >= 4 is 50.6 Å². The van der Waals surface area contributed by atoms with Gasteiger partial charge in [0.25, 0.3) is 0 Å². The molecule has 0 aliphatic heterocycles. The van der Waals surface area contributed by atoms with Crippen molar-refractivity contribution in [2.75, 3.05) is 0 Å². The Bertz CT molecular complexity index is 3920. The fourth-order valence-corrected chi connectivity index (χ4v) is 15.2. The van der Waals surface area contributed by atoms with Crippen LogP contribution in [0.4, 0.5) is 0 Å². The van der Waals surface area contributed by atoms with Crippen LogP contribution in [-0.4, -0.2) is 42.5 Å². The third kappa shape index (κ3) is 8.05. The van der Waals surface area contributed by atoms with Crippen molar-refractivity contribution in [2.45, 2.75) is 0 Å². The molecule has 3 heterocycles. The van der Waals surface area contributed by atoms with E-state index in [1.165, 1.54) is 20.7 Å².